The number of fused-ring (bicyclic) bond motifs is 3. The lowest BCUT2D eigenvalue weighted by Gasteiger charge is -2.12. The molecule has 20 heavy (non-hydrogen) atoms. The highest BCUT2D eigenvalue weighted by Gasteiger charge is 2.45. The van der Waals surface area contributed by atoms with E-state index in [1.807, 2.05) is 0 Å². The van der Waals surface area contributed by atoms with E-state index in [4.69, 9.17) is 15.4 Å². The fourth-order valence-electron chi connectivity index (χ4n) is 2.50. The Morgan fingerprint density at radius 2 is 2.15 bits per heavy atom. The SMILES string of the molecule is O=C1OCC2Cc3cc(S(=O)(=O)Cl)cc([N+](=O)[O-])c3N12. The first-order chi connectivity index (χ1) is 9.29. The zero-order valence-electron chi connectivity index (χ0n) is 9.78. The molecule has 0 aliphatic carbocycles. The van der Waals surface area contributed by atoms with E-state index in [-0.39, 0.29) is 23.2 Å². The molecule has 0 aromatic heterocycles. The summed E-state index contributed by atoms with van der Waals surface area (Å²) in [4.78, 5) is 22.8. The Balaban J connectivity index is 2.26. The lowest BCUT2D eigenvalue weighted by molar-refractivity contribution is -0.384. The van der Waals surface area contributed by atoms with Crippen molar-refractivity contribution >= 4 is 37.2 Å². The number of ether oxygens (including phenoxy) is 1. The first-order valence-electron chi connectivity index (χ1n) is 5.51. The quantitative estimate of drug-likeness (QED) is 0.463. The van der Waals surface area contributed by atoms with Crippen LogP contribution in [0.5, 0.6) is 0 Å². The summed E-state index contributed by atoms with van der Waals surface area (Å²) in [6, 6.07) is 1.77. The molecule has 1 amide bonds. The first kappa shape index (κ1) is 13.1. The maximum Gasteiger partial charge on any atom is 0.414 e. The zero-order chi connectivity index (χ0) is 14.7. The van der Waals surface area contributed by atoms with Gasteiger partial charge in [-0.2, -0.15) is 0 Å². The van der Waals surface area contributed by atoms with E-state index in [1.54, 1.807) is 0 Å². The number of amides is 1. The van der Waals surface area contributed by atoms with Crippen LogP contribution in [0.1, 0.15) is 5.56 Å². The number of nitro groups is 1. The van der Waals surface area contributed by atoms with Crippen LogP contribution in [0.25, 0.3) is 0 Å². The minimum atomic E-state index is -4.08. The molecule has 1 fully saturated rings. The number of hydrogen-bond acceptors (Lipinski definition) is 6. The van der Waals surface area contributed by atoms with Gasteiger partial charge in [-0.3, -0.25) is 15.0 Å². The summed E-state index contributed by atoms with van der Waals surface area (Å²) >= 11 is 0. The number of halogens is 1. The molecule has 2 aliphatic rings. The highest BCUT2D eigenvalue weighted by molar-refractivity contribution is 8.13. The maximum absolute atomic E-state index is 11.6. The molecule has 0 bridgehead atoms. The highest BCUT2D eigenvalue weighted by atomic mass is 35.7. The summed E-state index contributed by atoms with van der Waals surface area (Å²) in [7, 11) is 1.15. The van der Waals surface area contributed by atoms with Crippen LogP contribution in [0.3, 0.4) is 0 Å². The molecule has 2 heterocycles. The fraction of sp³-hybridized carbons (Fsp3) is 0.300. The Morgan fingerprint density at radius 3 is 2.75 bits per heavy atom. The van der Waals surface area contributed by atoms with Crippen molar-refractivity contribution in [2.75, 3.05) is 11.5 Å². The van der Waals surface area contributed by atoms with Crippen LogP contribution in [0, 0.1) is 10.1 Å². The summed E-state index contributed by atoms with van der Waals surface area (Å²) in [6.45, 7) is 0.119. The van der Waals surface area contributed by atoms with E-state index in [0.717, 1.165) is 6.07 Å². The molecule has 0 spiro atoms. The van der Waals surface area contributed by atoms with E-state index in [2.05, 4.69) is 0 Å². The van der Waals surface area contributed by atoms with Gasteiger partial charge in [0, 0.05) is 16.7 Å². The number of cyclic esters (lactones) is 1. The molecule has 1 aromatic rings. The molecule has 2 aliphatic heterocycles. The molecule has 0 N–H and O–H groups in total. The molecule has 10 heteroatoms. The van der Waals surface area contributed by atoms with E-state index >= 15 is 0 Å². The molecule has 1 unspecified atom stereocenters. The summed E-state index contributed by atoms with van der Waals surface area (Å²) in [5.41, 5.74) is 0.0229. The van der Waals surface area contributed by atoms with Crippen LogP contribution in [0.15, 0.2) is 17.0 Å². The normalized spacial score (nSPS) is 20.6. The van der Waals surface area contributed by atoms with E-state index in [1.165, 1.54) is 11.0 Å². The van der Waals surface area contributed by atoms with Crippen molar-refractivity contribution in [3.05, 3.63) is 27.8 Å². The number of nitrogens with zero attached hydrogens (tertiary/aromatic N) is 2. The van der Waals surface area contributed by atoms with Crippen LogP contribution < -0.4 is 4.90 Å². The second-order valence-electron chi connectivity index (χ2n) is 4.45. The monoisotopic (exact) mass is 318 g/mol. The minimum Gasteiger partial charge on any atom is -0.447 e. The summed E-state index contributed by atoms with van der Waals surface area (Å²) in [6.07, 6.45) is -0.374. The smallest absolute Gasteiger partial charge is 0.414 e. The van der Waals surface area contributed by atoms with Gasteiger partial charge in [-0.05, 0) is 18.1 Å². The number of rotatable bonds is 2. The van der Waals surface area contributed by atoms with Crippen molar-refractivity contribution in [3.63, 3.8) is 0 Å². The molecular weight excluding hydrogens is 312 g/mol. The molecular formula is C10H7ClN2O6S. The minimum absolute atomic E-state index is 0.0894. The van der Waals surface area contributed by atoms with Gasteiger partial charge in [-0.25, -0.2) is 13.2 Å². The van der Waals surface area contributed by atoms with Crippen molar-refractivity contribution in [1.82, 2.24) is 0 Å². The van der Waals surface area contributed by atoms with Crippen LogP contribution in [0.2, 0.25) is 0 Å². The van der Waals surface area contributed by atoms with Gasteiger partial charge in [0.15, 0.2) is 0 Å². The van der Waals surface area contributed by atoms with Gasteiger partial charge in [0.25, 0.3) is 14.7 Å². The molecule has 1 atom stereocenters. The van der Waals surface area contributed by atoms with Crippen molar-refractivity contribution in [2.45, 2.75) is 17.4 Å². The molecule has 8 nitrogen and oxygen atoms in total. The summed E-state index contributed by atoms with van der Waals surface area (Å²) < 4.78 is 27.5. The number of benzene rings is 1. The third-order valence-corrected chi connectivity index (χ3v) is 4.61. The first-order valence-corrected chi connectivity index (χ1v) is 7.82. The Hall–Kier alpha value is -1.87. The Kier molecular flexibility index (Phi) is 2.67. The van der Waals surface area contributed by atoms with Gasteiger partial charge in [-0.1, -0.05) is 0 Å². The molecule has 0 radical (unpaired) electrons. The highest BCUT2D eigenvalue weighted by Crippen LogP contribution is 2.44. The van der Waals surface area contributed by atoms with Gasteiger partial charge in [0.05, 0.1) is 15.9 Å². The third kappa shape index (κ3) is 1.81. The van der Waals surface area contributed by atoms with Crippen molar-refractivity contribution < 1.29 is 22.9 Å². The van der Waals surface area contributed by atoms with Crippen molar-refractivity contribution in [2.24, 2.45) is 0 Å². The molecule has 0 saturated carbocycles. The summed E-state index contributed by atoms with van der Waals surface area (Å²) in [5, 5.41) is 11.1. The van der Waals surface area contributed by atoms with Crippen molar-refractivity contribution in [1.29, 1.82) is 0 Å². The number of carbonyl (C=O) groups excluding carboxylic acids is 1. The fourth-order valence-corrected chi connectivity index (χ4v) is 3.30. The Morgan fingerprint density at radius 1 is 1.45 bits per heavy atom. The second kappa shape index (κ2) is 4.06. The lowest BCUT2D eigenvalue weighted by atomic mass is 10.1. The largest absolute Gasteiger partial charge is 0.447 e. The molecule has 1 saturated heterocycles. The van der Waals surface area contributed by atoms with E-state index < -0.39 is 25.8 Å². The lowest BCUT2D eigenvalue weighted by Crippen LogP contribution is -2.29. The average molecular weight is 319 g/mol. The predicted octanol–water partition coefficient (Wildman–Crippen LogP) is 1.40. The second-order valence-corrected chi connectivity index (χ2v) is 7.02. The van der Waals surface area contributed by atoms with Gasteiger partial charge in [0.2, 0.25) is 0 Å². The van der Waals surface area contributed by atoms with E-state index in [9.17, 15) is 23.3 Å². The maximum atomic E-state index is 11.6. The molecule has 3 rings (SSSR count). The van der Waals surface area contributed by atoms with Crippen LogP contribution in [0.4, 0.5) is 16.2 Å². The average Bonchev–Trinajstić information content (AvgIpc) is 2.86. The van der Waals surface area contributed by atoms with Crippen LogP contribution >= 0.6 is 10.7 Å². The van der Waals surface area contributed by atoms with Gasteiger partial charge in [0.1, 0.15) is 12.3 Å². The van der Waals surface area contributed by atoms with Gasteiger partial charge < -0.3 is 4.74 Å². The van der Waals surface area contributed by atoms with Crippen molar-refractivity contribution in [3.8, 4) is 0 Å². The number of nitro benzene ring substituents is 1. The van der Waals surface area contributed by atoms with Crippen LogP contribution in [-0.2, 0) is 20.2 Å². The zero-order valence-corrected chi connectivity index (χ0v) is 11.3. The molecule has 1 aromatic carbocycles. The predicted molar refractivity (Wildman–Crippen MR) is 67.5 cm³/mol. The van der Waals surface area contributed by atoms with Gasteiger partial charge in [-0.15, -0.1) is 0 Å². The summed E-state index contributed by atoms with van der Waals surface area (Å²) in [5.74, 6) is 0. The topological polar surface area (TPSA) is 107 Å². The number of anilines is 1. The molecule has 106 valence electrons. The number of hydrogen-bond donors (Lipinski definition) is 0. The number of carbonyl (C=O) groups is 1. The Labute approximate surface area is 117 Å². The Bertz CT molecular complexity index is 746. The standard InChI is InChI=1S/C10H7ClN2O6S/c11-20(17,18)7-2-5-1-6-4-19-10(14)12(6)9(5)8(3-7)13(15)16/h2-3,6H,1,4H2. The third-order valence-electron chi connectivity index (χ3n) is 3.28. The van der Waals surface area contributed by atoms with Crippen LogP contribution in [-0.4, -0.2) is 32.1 Å². The van der Waals surface area contributed by atoms with Gasteiger partial charge >= 0.3 is 6.09 Å². The van der Waals surface area contributed by atoms with E-state index in [0.29, 0.717) is 12.0 Å².